The van der Waals surface area contributed by atoms with Gasteiger partial charge in [0, 0.05) is 36.2 Å². The minimum atomic E-state index is 0.322. The summed E-state index contributed by atoms with van der Waals surface area (Å²) in [4.78, 5) is 9.53. The summed E-state index contributed by atoms with van der Waals surface area (Å²) in [5.41, 5.74) is 0. The van der Waals surface area contributed by atoms with Gasteiger partial charge in [-0.3, -0.25) is 4.90 Å². The van der Waals surface area contributed by atoms with Gasteiger partial charge in [0.15, 0.2) is 5.82 Å². The highest BCUT2D eigenvalue weighted by atomic mass is 32.1. The van der Waals surface area contributed by atoms with Crippen molar-refractivity contribution < 1.29 is 9.26 Å². The summed E-state index contributed by atoms with van der Waals surface area (Å²) >= 11 is 1.89. The number of nitrogens with zero attached hydrogens (tertiary/aromatic N) is 3. The molecule has 2 aromatic heterocycles. The maximum atomic E-state index is 6.01. The Kier molecular flexibility index (Phi) is 5.23. The van der Waals surface area contributed by atoms with E-state index in [1.165, 1.54) is 22.7 Å². The van der Waals surface area contributed by atoms with Gasteiger partial charge in [-0.1, -0.05) is 5.16 Å². The molecule has 3 heterocycles. The second-order valence-corrected chi connectivity index (χ2v) is 7.23. The van der Waals surface area contributed by atoms with Gasteiger partial charge in [0.25, 0.3) is 0 Å². The van der Waals surface area contributed by atoms with E-state index in [2.05, 4.69) is 34.1 Å². The largest absolute Gasteiger partial charge is 0.376 e. The van der Waals surface area contributed by atoms with Gasteiger partial charge in [-0.2, -0.15) is 4.98 Å². The van der Waals surface area contributed by atoms with E-state index in [0.717, 1.165) is 31.8 Å². The monoisotopic (exact) mass is 321 g/mol. The Hall–Kier alpha value is -1.24. The van der Waals surface area contributed by atoms with Crippen molar-refractivity contribution in [2.24, 2.45) is 0 Å². The van der Waals surface area contributed by atoms with Gasteiger partial charge in [0.1, 0.15) is 0 Å². The van der Waals surface area contributed by atoms with Crippen LogP contribution in [0.4, 0.5) is 0 Å². The fraction of sp³-hybridized carbons (Fsp3) is 0.625. The number of likely N-dealkylation sites (tertiary alicyclic amines) is 1. The number of hydrogen-bond donors (Lipinski definition) is 0. The predicted molar refractivity (Wildman–Crippen MR) is 86.0 cm³/mol. The van der Waals surface area contributed by atoms with Crippen LogP contribution < -0.4 is 0 Å². The van der Waals surface area contributed by atoms with Crippen molar-refractivity contribution in [3.63, 3.8) is 0 Å². The molecule has 120 valence electrons. The molecule has 0 aliphatic carbocycles. The minimum Gasteiger partial charge on any atom is -0.376 e. The number of thiophene rings is 1. The number of aromatic nitrogens is 2. The molecule has 1 saturated heterocycles. The minimum absolute atomic E-state index is 0.322. The molecule has 2 aromatic rings. The van der Waals surface area contributed by atoms with Crippen molar-refractivity contribution >= 4 is 11.3 Å². The molecule has 1 unspecified atom stereocenters. The molecule has 22 heavy (non-hydrogen) atoms. The van der Waals surface area contributed by atoms with E-state index in [9.17, 15) is 0 Å². The summed E-state index contributed by atoms with van der Waals surface area (Å²) in [6.45, 7) is 7.86. The van der Waals surface area contributed by atoms with Gasteiger partial charge in [-0.25, -0.2) is 0 Å². The summed E-state index contributed by atoms with van der Waals surface area (Å²) in [5.74, 6) is 1.35. The van der Waals surface area contributed by atoms with Crippen molar-refractivity contribution in [3.05, 3.63) is 33.6 Å². The summed E-state index contributed by atoms with van der Waals surface area (Å²) in [7, 11) is 0. The Labute approximate surface area is 135 Å². The van der Waals surface area contributed by atoms with Gasteiger partial charge >= 0.3 is 0 Å². The molecule has 1 fully saturated rings. The number of rotatable bonds is 6. The van der Waals surface area contributed by atoms with E-state index in [0.29, 0.717) is 18.6 Å². The molecule has 0 amide bonds. The van der Waals surface area contributed by atoms with Crippen molar-refractivity contribution in [2.45, 2.75) is 45.8 Å². The van der Waals surface area contributed by atoms with Gasteiger partial charge < -0.3 is 9.26 Å². The van der Waals surface area contributed by atoms with Crippen molar-refractivity contribution in [1.29, 1.82) is 0 Å². The van der Waals surface area contributed by atoms with Crippen LogP contribution in [0.3, 0.4) is 0 Å². The molecular formula is C16H23N3O2S. The molecule has 1 aliphatic heterocycles. The summed E-state index contributed by atoms with van der Waals surface area (Å²) in [5, 5.41) is 3.90. The summed E-state index contributed by atoms with van der Waals surface area (Å²) in [6.07, 6.45) is 3.39. The fourth-order valence-electron chi connectivity index (χ4n) is 2.84. The van der Waals surface area contributed by atoms with Crippen LogP contribution in [-0.4, -0.2) is 40.8 Å². The van der Waals surface area contributed by atoms with E-state index >= 15 is 0 Å². The second kappa shape index (κ2) is 7.35. The van der Waals surface area contributed by atoms with Gasteiger partial charge in [-0.05, 0) is 38.4 Å². The Bertz CT molecular complexity index is 596. The number of piperidine rings is 1. The first-order chi connectivity index (χ1) is 10.7. The van der Waals surface area contributed by atoms with Crippen LogP contribution >= 0.6 is 11.3 Å². The maximum Gasteiger partial charge on any atom is 0.223 e. The lowest BCUT2D eigenvalue weighted by molar-refractivity contribution is -0.00150. The third kappa shape index (κ3) is 4.38. The Morgan fingerprint density at radius 3 is 3.05 bits per heavy atom. The smallest absolute Gasteiger partial charge is 0.223 e. The zero-order valence-corrected chi connectivity index (χ0v) is 14.1. The van der Waals surface area contributed by atoms with Crippen LogP contribution in [0.25, 0.3) is 0 Å². The van der Waals surface area contributed by atoms with Gasteiger partial charge in [-0.15, -0.1) is 11.3 Å². The zero-order valence-electron chi connectivity index (χ0n) is 13.2. The maximum absolute atomic E-state index is 6.01. The molecule has 0 N–H and O–H groups in total. The third-order valence-electron chi connectivity index (χ3n) is 3.89. The van der Waals surface area contributed by atoms with E-state index in [4.69, 9.17) is 9.26 Å². The van der Waals surface area contributed by atoms with Gasteiger partial charge in [0.05, 0.1) is 12.7 Å². The number of aryl methyl sites for hydroxylation is 2. The molecule has 1 atom stereocenters. The highest BCUT2D eigenvalue weighted by Crippen LogP contribution is 2.20. The second-order valence-electron chi connectivity index (χ2n) is 5.86. The number of hydrogen-bond acceptors (Lipinski definition) is 6. The Balaban J connectivity index is 1.42. The lowest BCUT2D eigenvalue weighted by Crippen LogP contribution is -2.39. The van der Waals surface area contributed by atoms with E-state index in [1.807, 2.05) is 18.3 Å². The molecule has 3 rings (SSSR count). The van der Waals surface area contributed by atoms with Crippen LogP contribution in [0.1, 0.15) is 34.3 Å². The van der Waals surface area contributed by atoms with Crippen LogP contribution in [0.5, 0.6) is 0 Å². The molecule has 0 bridgehead atoms. The lowest BCUT2D eigenvalue weighted by atomic mass is 10.1. The van der Waals surface area contributed by atoms with Crippen LogP contribution in [0.2, 0.25) is 0 Å². The summed E-state index contributed by atoms with van der Waals surface area (Å²) in [6, 6.07) is 4.44. The number of ether oxygens (including phenoxy) is 1. The molecular weight excluding hydrogens is 298 g/mol. The van der Waals surface area contributed by atoms with E-state index in [1.54, 1.807) is 0 Å². The first-order valence-electron chi connectivity index (χ1n) is 7.87. The van der Waals surface area contributed by atoms with Crippen molar-refractivity contribution in [1.82, 2.24) is 15.0 Å². The molecule has 0 aromatic carbocycles. The van der Waals surface area contributed by atoms with Crippen LogP contribution in [-0.2, 0) is 17.7 Å². The highest BCUT2D eigenvalue weighted by molar-refractivity contribution is 7.11. The standard InChI is InChI=1S/C16H23N3O2S/c1-12-5-6-15(22-12)11-19-8-3-4-14(10-19)20-9-7-16-17-13(2)21-18-16/h5-6,14H,3-4,7-11H2,1-2H3. The average Bonchev–Trinajstić information content (AvgIpc) is 3.08. The van der Waals surface area contributed by atoms with E-state index in [-0.39, 0.29) is 0 Å². The average molecular weight is 321 g/mol. The highest BCUT2D eigenvalue weighted by Gasteiger charge is 2.21. The van der Waals surface area contributed by atoms with Crippen molar-refractivity contribution in [2.75, 3.05) is 19.7 Å². The van der Waals surface area contributed by atoms with Crippen molar-refractivity contribution in [3.8, 4) is 0 Å². The predicted octanol–water partition coefficient (Wildman–Crippen LogP) is 2.97. The zero-order chi connectivity index (χ0) is 15.4. The molecule has 6 heteroatoms. The topological polar surface area (TPSA) is 51.4 Å². The first-order valence-corrected chi connectivity index (χ1v) is 8.69. The summed E-state index contributed by atoms with van der Waals surface area (Å²) < 4.78 is 11.0. The van der Waals surface area contributed by atoms with E-state index < -0.39 is 0 Å². The Morgan fingerprint density at radius 1 is 1.41 bits per heavy atom. The van der Waals surface area contributed by atoms with Gasteiger partial charge in [0.2, 0.25) is 5.89 Å². The molecule has 0 spiro atoms. The first kappa shape index (κ1) is 15.6. The lowest BCUT2D eigenvalue weighted by Gasteiger charge is -2.32. The van der Waals surface area contributed by atoms with Crippen LogP contribution in [0.15, 0.2) is 16.7 Å². The normalized spacial score (nSPS) is 19.6. The molecule has 1 aliphatic rings. The fourth-order valence-corrected chi connectivity index (χ4v) is 3.78. The van der Waals surface area contributed by atoms with Crippen LogP contribution in [0, 0.1) is 13.8 Å². The third-order valence-corrected chi connectivity index (χ3v) is 4.87. The molecule has 5 nitrogen and oxygen atoms in total. The Morgan fingerprint density at radius 2 is 2.32 bits per heavy atom. The SMILES string of the molecule is Cc1nc(CCOC2CCCN(Cc3ccc(C)s3)C2)no1. The molecule has 0 saturated carbocycles. The molecule has 0 radical (unpaired) electrons. The quantitative estimate of drug-likeness (QED) is 0.819.